The molecule has 1 fully saturated rings. The fourth-order valence-electron chi connectivity index (χ4n) is 4.15. The Morgan fingerprint density at radius 3 is 2.53 bits per heavy atom. The Kier molecular flexibility index (Phi) is 6.39. The number of carbonyl (C=O) groups excluding carboxylic acids is 1. The van der Waals surface area contributed by atoms with Crippen LogP contribution in [-0.2, 0) is 11.2 Å². The monoisotopic (exact) mass is 437 g/mol. The highest BCUT2D eigenvalue weighted by Gasteiger charge is 2.23. The van der Waals surface area contributed by atoms with E-state index < -0.39 is 11.6 Å². The molecule has 2 aromatic carbocycles. The summed E-state index contributed by atoms with van der Waals surface area (Å²) in [4.78, 5) is 23.7. The molecule has 3 aromatic rings. The molecule has 32 heavy (non-hydrogen) atoms. The van der Waals surface area contributed by atoms with Crippen LogP contribution in [0.25, 0.3) is 10.9 Å². The molecule has 1 aromatic heterocycles. The van der Waals surface area contributed by atoms with Gasteiger partial charge in [0.25, 0.3) is 0 Å². The summed E-state index contributed by atoms with van der Waals surface area (Å²) in [5.74, 6) is 0.238. The standard InChI is InChI=1S/C24H28FN5O2/c1-30(2)23-18-5-3-4-6-20(18)28-24(29-23)27-17-10-8-16(9-11-17)26-22(32)14-15-7-12-21(31)19(25)13-15/h3-7,12-13,16-17,31H,8-11,14H2,1-2H3,(H,26,32)(H,27,28,29)/t16-,17+. The number of aromatic hydroxyl groups is 1. The third-order valence-electron chi connectivity index (χ3n) is 5.81. The summed E-state index contributed by atoms with van der Waals surface area (Å²) in [6.07, 6.45) is 3.58. The lowest BCUT2D eigenvalue weighted by Crippen LogP contribution is -2.41. The van der Waals surface area contributed by atoms with E-state index in [0.717, 1.165) is 42.4 Å². The Labute approximate surface area is 186 Å². The quantitative estimate of drug-likeness (QED) is 0.546. The number of rotatable bonds is 6. The van der Waals surface area contributed by atoms with Crippen LogP contribution in [-0.4, -0.2) is 47.2 Å². The van der Waals surface area contributed by atoms with Crippen LogP contribution in [0.1, 0.15) is 31.2 Å². The van der Waals surface area contributed by atoms with Crippen molar-refractivity contribution < 1.29 is 14.3 Å². The van der Waals surface area contributed by atoms with Crippen molar-refractivity contribution in [3.63, 3.8) is 0 Å². The molecular formula is C24H28FN5O2. The highest BCUT2D eigenvalue weighted by atomic mass is 19.1. The highest BCUT2D eigenvalue weighted by molar-refractivity contribution is 5.90. The van der Waals surface area contributed by atoms with Gasteiger partial charge in [0.1, 0.15) is 5.82 Å². The molecule has 1 aliphatic rings. The fourth-order valence-corrected chi connectivity index (χ4v) is 4.15. The molecule has 1 heterocycles. The van der Waals surface area contributed by atoms with E-state index in [2.05, 4.69) is 15.6 Å². The van der Waals surface area contributed by atoms with Crippen LogP contribution < -0.4 is 15.5 Å². The zero-order chi connectivity index (χ0) is 22.7. The largest absolute Gasteiger partial charge is 0.505 e. The maximum atomic E-state index is 13.5. The molecule has 0 saturated heterocycles. The minimum atomic E-state index is -0.713. The van der Waals surface area contributed by atoms with Gasteiger partial charge in [0, 0.05) is 31.6 Å². The lowest BCUT2D eigenvalue weighted by atomic mass is 9.91. The number of nitrogens with one attached hydrogen (secondary N) is 2. The lowest BCUT2D eigenvalue weighted by molar-refractivity contribution is -0.121. The highest BCUT2D eigenvalue weighted by Crippen LogP contribution is 2.26. The lowest BCUT2D eigenvalue weighted by Gasteiger charge is -2.30. The molecule has 4 rings (SSSR count). The van der Waals surface area contributed by atoms with Gasteiger partial charge in [-0.15, -0.1) is 0 Å². The van der Waals surface area contributed by atoms with E-state index in [1.165, 1.54) is 12.1 Å². The van der Waals surface area contributed by atoms with Crippen LogP contribution in [0.4, 0.5) is 16.2 Å². The van der Waals surface area contributed by atoms with Gasteiger partial charge in [-0.3, -0.25) is 4.79 Å². The zero-order valence-corrected chi connectivity index (χ0v) is 18.3. The van der Waals surface area contributed by atoms with Gasteiger partial charge in [-0.25, -0.2) is 9.37 Å². The van der Waals surface area contributed by atoms with Gasteiger partial charge in [-0.05, 0) is 55.5 Å². The second-order valence-corrected chi connectivity index (χ2v) is 8.51. The molecular weight excluding hydrogens is 409 g/mol. The number of hydrogen-bond acceptors (Lipinski definition) is 6. The van der Waals surface area contributed by atoms with E-state index in [4.69, 9.17) is 4.98 Å². The minimum absolute atomic E-state index is 0.0909. The first kappa shape index (κ1) is 21.8. The van der Waals surface area contributed by atoms with Crippen LogP contribution >= 0.6 is 0 Å². The van der Waals surface area contributed by atoms with Crippen molar-refractivity contribution >= 4 is 28.6 Å². The number of halogens is 1. The maximum absolute atomic E-state index is 13.5. The van der Waals surface area contributed by atoms with E-state index in [1.54, 1.807) is 6.07 Å². The third-order valence-corrected chi connectivity index (χ3v) is 5.81. The van der Waals surface area contributed by atoms with Gasteiger partial charge in [0.05, 0.1) is 11.9 Å². The SMILES string of the molecule is CN(C)c1nc(N[C@H]2CC[C@@H](NC(=O)Cc3ccc(O)c(F)c3)CC2)nc2ccccc12. The summed E-state index contributed by atoms with van der Waals surface area (Å²) in [5, 5.41) is 16.8. The van der Waals surface area contributed by atoms with Crippen molar-refractivity contribution in [2.45, 2.75) is 44.2 Å². The number of fused-ring (bicyclic) bond motifs is 1. The summed E-state index contributed by atoms with van der Waals surface area (Å²) >= 11 is 0. The number of hydrogen-bond donors (Lipinski definition) is 3. The van der Waals surface area contributed by atoms with Crippen LogP contribution in [0.15, 0.2) is 42.5 Å². The van der Waals surface area contributed by atoms with Gasteiger partial charge >= 0.3 is 0 Å². The number of anilines is 2. The molecule has 168 valence electrons. The first-order chi connectivity index (χ1) is 15.4. The van der Waals surface area contributed by atoms with Crippen molar-refractivity contribution in [1.82, 2.24) is 15.3 Å². The predicted molar refractivity (Wildman–Crippen MR) is 123 cm³/mol. The van der Waals surface area contributed by atoms with Gasteiger partial charge < -0.3 is 20.6 Å². The average molecular weight is 438 g/mol. The Hall–Kier alpha value is -3.42. The smallest absolute Gasteiger partial charge is 0.225 e. The summed E-state index contributed by atoms with van der Waals surface area (Å²) < 4.78 is 13.5. The van der Waals surface area contributed by atoms with Gasteiger partial charge in [-0.2, -0.15) is 4.98 Å². The normalized spacial score (nSPS) is 18.3. The molecule has 0 radical (unpaired) electrons. The van der Waals surface area contributed by atoms with Crippen LogP contribution in [0.2, 0.25) is 0 Å². The predicted octanol–water partition coefficient (Wildman–Crippen LogP) is 3.62. The van der Waals surface area contributed by atoms with Crippen molar-refractivity contribution in [3.8, 4) is 5.75 Å². The first-order valence-corrected chi connectivity index (χ1v) is 10.9. The van der Waals surface area contributed by atoms with E-state index in [9.17, 15) is 14.3 Å². The van der Waals surface area contributed by atoms with E-state index in [-0.39, 0.29) is 24.4 Å². The molecule has 0 atom stereocenters. The molecule has 8 heteroatoms. The number of aromatic nitrogens is 2. The number of phenolic OH excluding ortho intramolecular Hbond substituents is 1. The molecule has 1 aliphatic carbocycles. The second kappa shape index (κ2) is 9.38. The van der Waals surface area contributed by atoms with E-state index >= 15 is 0 Å². The maximum Gasteiger partial charge on any atom is 0.225 e. The zero-order valence-electron chi connectivity index (χ0n) is 18.3. The second-order valence-electron chi connectivity index (χ2n) is 8.51. The van der Waals surface area contributed by atoms with Crippen LogP contribution in [0, 0.1) is 5.82 Å². The summed E-state index contributed by atoms with van der Waals surface area (Å²) in [7, 11) is 3.94. The van der Waals surface area contributed by atoms with E-state index in [0.29, 0.717) is 11.5 Å². The molecule has 0 bridgehead atoms. The molecule has 0 spiro atoms. The van der Waals surface area contributed by atoms with Crippen molar-refractivity contribution in [1.29, 1.82) is 0 Å². The summed E-state index contributed by atoms with van der Waals surface area (Å²) in [6, 6.07) is 12.3. The van der Waals surface area contributed by atoms with Crippen molar-refractivity contribution in [2.24, 2.45) is 0 Å². The molecule has 3 N–H and O–H groups in total. The molecule has 1 saturated carbocycles. The molecule has 0 unspecified atom stereocenters. The third kappa shape index (κ3) is 5.07. The molecule has 0 aliphatic heterocycles. The summed E-state index contributed by atoms with van der Waals surface area (Å²) in [5.41, 5.74) is 1.44. The van der Waals surface area contributed by atoms with Gasteiger partial charge in [0.15, 0.2) is 11.6 Å². The van der Waals surface area contributed by atoms with Crippen LogP contribution in [0.3, 0.4) is 0 Å². The van der Waals surface area contributed by atoms with Crippen LogP contribution in [0.5, 0.6) is 5.75 Å². The Morgan fingerprint density at radius 1 is 1.09 bits per heavy atom. The first-order valence-electron chi connectivity index (χ1n) is 10.9. The molecule has 1 amide bonds. The van der Waals surface area contributed by atoms with Crippen molar-refractivity contribution in [3.05, 3.63) is 53.8 Å². The van der Waals surface area contributed by atoms with Crippen molar-refractivity contribution in [2.75, 3.05) is 24.3 Å². The number of nitrogens with zero attached hydrogens (tertiary/aromatic N) is 3. The molecule has 7 nitrogen and oxygen atoms in total. The Balaban J connectivity index is 1.32. The number of para-hydroxylation sites is 1. The average Bonchev–Trinajstić information content (AvgIpc) is 2.77. The Morgan fingerprint density at radius 2 is 1.81 bits per heavy atom. The number of phenols is 1. The fraction of sp³-hybridized carbons (Fsp3) is 0.375. The minimum Gasteiger partial charge on any atom is -0.505 e. The topological polar surface area (TPSA) is 90.4 Å². The number of carbonyl (C=O) groups is 1. The van der Waals surface area contributed by atoms with E-state index in [1.807, 2.05) is 43.3 Å². The van der Waals surface area contributed by atoms with Gasteiger partial charge in [0.2, 0.25) is 11.9 Å². The number of benzene rings is 2. The number of amides is 1. The Bertz CT molecular complexity index is 1110. The van der Waals surface area contributed by atoms with Gasteiger partial charge in [-0.1, -0.05) is 18.2 Å². The summed E-state index contributed by atoms with van der Waals surface area (Å²) in [6.45, 7) is 0.